The lowest BCUT2D eigenvalue weighted by Crippen LogP contribution is -2.44. The molecule has 2 aromatic heterocycles. The fraction of sp³-hybridized carbons (Fsp3) is 0.421. The average Bonchev–Trinajstić information content (AvgIpc) is 3.43. The number of carbonyl (C=O) groups is 2. The van der Waals surface area contributed by atoms with Crippen molar-refractivity contribution in [3.8, 4) is 23.7 Å². The van der Waals surface area contributed by atoms with Crippen molar-refractivity contribution >= 4 is 38.8 Å². The number of nitriles is 1. The number of imidazole rings is 1. The number of nitrogens with one attached hydrogen (secondary N) is 2. The van der Waals surface area contributed by atoms with Gasteiger partial charge in [-0.1, -0.05) is 17.9 Å². The lowest BCUT2D eigenvalue weighted by Gasteiger charge is -2.31. The Labute approximate surface area is 321 Å². The van der Waals surface area contributed by atoms with Crippen LogP contribution in [0.15, 0.2) is 58.5 Å². The monoisotopic (exact) mass is 787 g/mol. The molecule has 18 heteroatoms. The van der Waals surface area contributed by atoms with Gasteiger partial charge in [0, 0.05) is 38.2 Å². The van der Waals surface area contributed by atoms with Gasteiger partial charge in [0.15, 0.2) is 5.75 Å². The molecule has 0 saturated carbocycles. The predicted molar refractivity (Wildman–Crippen MR) is 199 cm³/mol. The summed E-state index contributed by atoms with van der Waals surface area (Å²) in [6.07, 6.45) is 5.36. The van der Waals surface area contributed by atoms with E-state index in [-0.39, 0.29) is 71.6 Å². The molecular formula is C38H39F2N9O6S. The topological polar surface area (TPSA) is 185 Å². The Bertz CT molecular complexity index is 2420. The molecule has 1 unspecified atom stereocenters. The van der Waals surface area contributed by atoms with Gasteiger partial charge in [0.05, 0.1) is 40.4 Å². The number of alkyl halides is 2. The van der Waals surface area contributed by atoms with Gasteiger partial charge in [0.2, 0.25) is 27.8 Å². The molecule has 1 atom stereocenters. The van der Waals surface area contributed by atoms with Crippen LogP contribution in [0.2, 0.25) is 0 Å². The fourth-order valence-corrected chi connectivity index (χ4v) is 9.04. The van der Waals surface area contributed by atoms with E-state index in [1.807, 2.05) is 18.2 Å². The molecule has 3 fully saturated rings. The van der Waals surface area contributed by atoms with Gasteiger partial charge in [-0.15, -0.1) is 0 Å². The van der Waals surface area contributed by atoms with Gasteiger partial charge in [-0.25, -0.2) is 23.2 Å². The molecule has 292 valence electrons. The first-order valence-corrected chi connectivity index (χ1v) is 19.7. The summed E-state index contributed by atoms with van der Waals surface area (Å²) in [5, 5.41) is 15.2. The van der Waals surface area contributed by atoms with Gasteiger partial charge in [-0.2, -0.15) is 18.3 Å². The molecule has 0 bridgehead atoms. The molecular weight excluding hydrogens is 749 g/mol. The van der Waals surface area contributed by atoms with Crippen molar-refractivity contribution in [2.45, 2.75) is 68.0 Å². The molecule has 56 heavy (non-hydrogen) atoms. The van der Waals surface area contributed by atoms with Gasteiger partial charge in [-0.3, -0.25) is 28.9 Å². The van der Waals surface area contributed by atoms with Crippen LogP contribution in [-0.2, 0) is 26.7 Å². The maximum absolute atomic E-state index is 13.6. The van der Waals surface area contributed by atoms with Crippen LogP contribution in [0.5, 0.6) is 5.75 Å². The van der Waals surface area contributed by atoms with E-state index in [4.69, 9.17) is 0 Å². The Morgan fingerprint density at radius 2 is 1.70 bits per heavy atom. The molecule has 3 aliphatic rings. The van der Waals surface area contributed by atoms with Crippen LogP contribution in [-0.4, -0.2) is 93.9 Å². The van der Waals surface area contributed by atoms with E-state index in [9.17, 15) is 36.8 Å². The Morgan fingerprint density at radius 3 is 2.38 bits per heavy atom. The van der Waals surface area contributed by atoms with Crippen molar-refractivity contribution in [1.29, 1.82) is 5.26 Å². The van der Waals surface area contributed by atoms with Crippen molar-refractivity contribution in [2.75, 3.05) is 38.0 Å². The summed E-state index contributed by atoms with van der Waals surface area (Å²) in [6.45, 7) is -0.561. The van der Waals surface area contributed by atoms with E-state index >= 15 is 0 Å². The van der Waals surface area contributed by atoms with Crippen LogP contribution in [0.3, 0.4) is 0 Å². The number of rotatable bonds is 9. The number of halogens is 2. The van der Waals surface area contributed by atoms with Gasteiger partial charge in [0.25, 0.3) is 0 Å². The number of nitrogens with zero attached hydrogens (tertiary/aromatic N) is 7. The molecule has 5 heterocycles. The highest BCUT2D eigenvalue weighted by Crippen LogP contribution is 2.31. The number of aromatic nitrogens is 4. The molecule has 15 nitrogen and oxygen atoms in total. The molecule has 3 saturated heterocycles. The van der Waals surface area contributed by atoms with Crippen molar-refractivity contribution < 1.29 is 31.5 Å². The van der Waals surface area contributed by atoms with Crippen LogP contribution in [0, 0.1) is 23.2 Å². The van der Waals surface area contributed by atoms with E-state index in [0.717, 1.165) is 49.4 Å². The number of anilines is 1. The maximum atomic E-state index is 13.6. The van der Waals surface area contributed by atoms with Gasteiger partial charge in [0.1, 0.15) is 12.1 Å². The number of hydrogen-bond acceptors (Lipinski definition) is 11. The largest absolute Gasteiger partial charge is 0.432 e. The zero-order valence-corrected chi connectivity index (χ0v) is 31.3. The highest BCUT2D eigenvalue weighted by atomic mass is 32.2. The van der Waals surface area contributed by atoms with Gasteiger partial charge >= 0.3 is 12.3 Å². The van der Waals surface area contributed by atoms with E-state index in [0.29, 0.717) is 30.5 Å². The number of piperidine rings is 3. The number of likely N-dealkylation sites (tertiary alicyclic amines) is 1. The van der Waals surface area contributed by atoms with Crippen molar-refractivity contribution in [3.63, 3.8) is 0 Å². The number of imide groups is 1. The number of ether oxygens (including phenoxy) is 1. The first-order valence-electron chi connectivity index (χ1n) is 18.2. The Kier molecular flexibility index (Phi) is 11.2. The van der Waals surface area contributed by atoms with Crippen LogP contribution in [0.4, 0.5) is 14.7 Å². The molecule has 7 rings (SSSR count). The molecule has 0 aliphatic carbocycles. The normalized spacial score (nSPS) is 19.0. The summed E-state index contributed by atoms with van der Waals surface area (Å²) in [5.74, 6) is 5.67. The third-order valence-electron chi connectivity index (χ3n) is 10.6. The van der Waals surface area contributed by atoms with E-state index in [1.54, 1.807) is 11.6 Å². The molecule has 2 aromatic carbocycles. The van der Waals surface area contributed by atoms with E-state index in [2.05, 4.69) is 48.1 Å². The lowest BCUT2D eigenvalue weighted by molar-refractivity contribution is -0.135. The summed E-state index contributed by atoms with van der Waals surface area (Å²) < 4.78 is 60.7. The Hall–Kier alpha value is -5.69. The number of benzene rings is 2. The Balaban J connectivity index is 0.948. The lowest BCUT2D eigenvalue weighted by atomic mass is 9.89. The third kappa shape index (κ3) is 8.13. The number of sulfonamides is 1. The second kappa shape index (κ2) is 16.2. The summed E-state index contributed by atoms with van der Waals surface area (Å²) in [7, 11) is -2.20. The summed E-state index contributed by atoms with van der Waals surface area (Å²) in [5.41, 5.74) is 2.78. The maximum Gasteiger partial charge on any atom is 0.387 e. The first kappa shape index (κ1) is 38.6. The number of amides is 2. The second-order valence-corrected chi connectivity index (χ2v) is 16.0. The van der Waals surface area contributed by atoms with Gasteiger partial charge < -0.3 is 10.1 Å². The van der Waals surface area contributed by atoms with E-state index in [1.165, 1.54) is 27.1 Å². The van der Waals surface area contributed by atoms with Crippen LogP contribution in [0.1, 0.15) is 67.2 Å². The van der Waals surface area contributed by atoms with E-state index < -0.39 is 28.6 Å². The zero-order valence-electron chi connectivity index (χ0n) is 30.5. The molecule has 4 aromatic rings. The van der Waals surface area contributed by atoms with Crippen LogP contribution < -0.4 is 21.1 Å². The van der Waals surface area contributed by atoms with Crippen LogP contribution in [0.25, 0.3) is 11.0 Å². The van der Waals surface area contributed by atoms with Crippen LogP contribution >= 0.6 is 0 Å². The second-order valence-electron chi connectivity index (χ2n) is 14.0. The first-order chi connectivity index (χ1) is 26.9. The number of carbonyl (C=O) groups excluding carboxylic acids is 2. The van der Waals surface area contributed by atoms with Crippen molar-refractivity contribution in [1.82, 2.24) is 33.6 Å². The minimum Gasteiger partial charge on any atom is -0.432 e. The Morgan fingerprint density at radius 1 is 0.964 bits per heavy atom. The quantitative estimate of drug-likeness (QED) is 0.188. The average molecular weight is 788 g/mol. The zero-order chi connectivity index (χ0) is 39.6. The molecule has 2 amide bonds. The SMILES string of the molecule is Cn1c(=O)n(C2CCC(=O)NC2=O)c2ccc(C3CCN(CC#Cc4cc(S(=O)(=O)N5CCC(Nc6ncc(OC(F)F)cn6)CC5)ccc4C#N)CC3)cc21. The molecule has 0 radical (unpaired) electrons. The number of hydrogen-bond donors (Lipinski definition) is 2. The fourth-order valence-electron chi connectivity index (χ4n) is 7.55. The molecule has 0 spiro atoms. The summed E-state index contributed by atoms with van der Waals surface area (Å²) >= 11 is 0. The number of aryl methyl sites for hydroxylation is 1. The highest BCUT2D eigenvalue weighted by Gasteiger charge is 2.32. The number of fused-ring (bicyclic) bond motifs is 1. The molecule has 3 aliphatic heterocycles. The van der Waals surface area contributed by atoms with Crippen molar-refractivity contribution in [2.24, 2.45) is 7.05 Å². The smallest absolute Gasteiger partial charge is 0.387 e. The minimum absolute atomic E-state index is 0.0490. The molecule has 2 N–H and O–H groups in total. The predicted octanol–water partition coefficient (Wildman–Crippen LogP) is 3.08. The summed E-state index contributed by atoms with van der Waals surface area (Å²) in [6, 6.07) is 11.5. The third-order valence-corrected chi connectivity index (χ3v) is 12.5. The summed E-state index contributed by atoms with van der Waals surface area (Å²) in [4.78, 5) is 47.6. The standard InChI is InChI=1S/C38H39F2N9O6S/c1-46-33-20-26(5-7-31(33)49(38(46)52)32-8-9-34(50)45-35(32)51)24-10-15-47(16-11-24)14-2-3-25-19-30(6-4-27(25)21-41)56(53,54)48-17-12-28(13-18-48)44-37-42-22-29(23-43-37)55-36(39)40/h4-7,19-20,22-24,28,32,36H,8-18H2,1H3,(H,42,43,44)(H,45,50,51). The van der Waals surface area contributed by atoms with Gasteiger partial charge in [-0.05, 0) is 87.0 Å². The minimum atomic E-state index is -3.88. The highest BCUT2D eigenvalue weighted by molar-refractivity contribution is 7.89. The van der Waals surface area contributed by atoms with Crippen molar-refractivity contribution in [3.05, 3.63) is 76.0 Å².